The quantitative estimate of drug-likeness (QED) is 0.237. The van der Waals surface area contributed by atoms with Gasteiger partial charge in [0.2, 0.25) is 0 Å². The van der Waals surface area contributed by atoms with Gasteiger partial charge >= 0.3 is 5.97 Å². The first-order valence-electron chi connectivity index (χ1n) is 9.24. The molecule has 8 nitrogen and oxygen atoms in total. The minimum absolute atomic E-state index is 0.000599. The number of esters is 1. The Morgan fingerprint density at radius 3 is 2.63 bits per heavy atom. The number of nitrogens with zero attached hydrogens (tertiary/aromatic N) is 2. The molecule has 1 amide bonds. The number of hydrogen-bond donors (Lipinski definition) is 0. The predicted molar refractivity (Wildman–Crippen MR) is 108 cm³/mol. The third kappa shape index (κ3) is 2.95. The maximum absolute atomic E-state index is 12.6. The Balaban J connectivity index is 1.76. The SMILES string of the molecule is C[C@@H]1CC(C)(C)N2C(=O)C(=O)c3cc(OC(=O)c4cc([N+](=O)[O-])ccc4Cl)cc1c32. The van der Waals surface area contributed by atoms with Crippen LogP contribution in [0.25, 0.3) is 0 Å². The molecule has 154 valence electrons. The van der Waals surface area contributed by atoms with Crippen LogP contribution in [0, 0.1) is 10.1 Å². The molecule has 4 rings (SSSR count). The first-order valence-corrected chi connectivity index (χ1v) is 9.62. The van der Waals surface area contributed by atoms with Gasteiger partial charge in [-0.1, -0.05) is 18.5 Å². The van der Waals surface area contributed by atoms with E-state index in [0.717, 1.165) is 11.6 Å². The molecule has 0 N–H and O–H groups in total. The Labute approximate surface area is 176 Å². The molecule has 0 fully saturated rings. The Kier molecular flexibility index (Phi) is 4.43. The van der Waals surface area contributed by atoms with Crippen molar-refractivity contribution in [1.82, 2.24) is 0 Å². The van der Waals surface area contributed by atoms with Crippen LogP contribution in [0.1, 0.15) is 59.4 Å². The molecule has 0 aromatic heterocycles. The van der Waals surface area contributed by atoms with E-state index in [9.17, 15) is 24.5 Å². The van der Waals surface area contributed by atoms with Gasteiger partial charge in [0.15, 0.2) is 0 Å². The van der Waals surface area contributed by atoms with Crippen molar-refractivity contribution in [1.29, 1.82) is 0 Å². The lowest BCUT2D eigenvalue weighted by Gasteiger charge is -2.43. The van der Waals surface area contributed by atoms with E-state index < -0.39 is 28.1 Å². The summed E-state index contributed by atoms with van der Waals surface area (Å²) in [6, 6.07) is 6.44. The van der Waals surface area contributed by atoms with E-state index in [0.29, 0.717) is 12.1 Å². The Morgan fingerprint density at radius 2 is 1.97 bits per heavy atom. The lowest BCUT2D eigenvalue weighted by molar-refractivity contribution is -0.384. The maximum Gasteiger partial charge on any atom is 0.345 e. The largest absolute Gasteiger partial charge is 0.423 e. The number of carbonyl (C=O) groups excluding carboxylic acids is 3. The molecule has 2 aliphatic heterocycles. The number of amides is 1. The lowest BCUT2D eigenvalue weighted by Crippen LogP contribution is -2.50. The van der Waals surface area contributed by atoms with Gasteiger partial charge in [-0.3, -0.25) is 24.6 Å². The van der Waals surface area contributed by atoms with Crippen LogP contribution >= 0.6 is 11.6 Å². The average Bonchev–Trinajstić information content (AvgIpc) is 2.92. The predicted octanol–water partition coefficient (Wildman–Crippen LogP) is 4.28. The van der Waals surface area contributed by atoms with Gasteiger partial charge in [-0.2, -0.15) is 0 Å². The topological polar surface area (TPSA) is 107 Å². The van der Waals surface area contributed by atoms with Crippen LogP contribution in [-0.2, 0) is 4.79 Å². The summed E-state index contributed by atoms with van der Waals surface area (Å²) in [5, 5.41) is 11.0. The third-order valence-electron chi connectivity index (χ3n) is 5.51. The van der Waals surface area contributed by atoms with E-state index in [1.165, 1.54) is 23.1 Å². The number of ketones is 1. The van der Waals surface area contributed by atoms with Gasteiger partial charge in [-0.25, -0.2) is 4.79 Å². The molecule has 30 heavy (non-hydrogen) atoms. The van der Waals surface area contributed by atoms with Crippen molar-refractivity contribution >= 4 is 40.6 Å². The van der Waals surface area contributed by atoms with Crippen molar-refractivity contribution in [3.8, 4) is 5.75 Å². The zero-order valence-corrected chi connectivity index (χ0v) is 17.1. The van der Waals surface area contributed by atoms with E-state index in [2.05, 4.69) is 0 Å². The second kappa shape index (κ2) is 6.63. The van der Waals surface area contributed by atoms with Crippen molar-refractivity contribution < 1.29 is 24.0 Å². The smallest absolute Gasteiger partial charge is 0.345 e. The van der Waals surface area contributed by atoms with E-state index in [4.69, 9.17) is 16.3 Å². The fourth-order valence-corrected chi connectivity index (χ4v) is 4.47. The normalized spacial score (nSPS) is 18.9. The number of carbonyl (C=O) groups is 3. The minimum atomic E-state index is -0.895. The van der Waals surface area contributed by atoms with Crippen LogP contribution in [0.2, 0.25) is 5.02 Å². The van der Waals surface area contributed by atoms with Crippen LogP contribution < -0.4 is 9.64 Å². The Hall–Kier alpha value is -3.26. The van der Waals surface area contributed by atoms with Gasteiger partial charge in [0.05, 0.1) is 26.8 Å². The highest BCUT2D eigenvalue weighted by molar-refractivity contribution is 6.53. The molecule has 0 radical (unpaired) electrons. The van der Waals surface area contributed by atoms with Gasteiger partial charge in [-0.05, 0) is 49.9 Å². The molecule has 0 bridgehead atoms. The molecule has 0 saturated carbocycles. The molecular weight excluding hydrogens is 412 g/mol. The second-order valence-corrected chi connectivity index (χ2v) is 8.51. The number of nitro groups is 1. The summed E-state index contributed by atoms with van der Waals surface area (Å²) in [6.07, 6.45) is 0.632. The van der Waals surface area contributed by atoms with Gasteiger partial charge in [-0.15, -0.1) is 0 Å². The molecule has 2 aromatic rings. The number of benzene rings is 2. The number of hydrogen-bond acceptors (Lipinski definition) is 6. The molecule has 0 spiro atoms. The molecule has 2 heterocycles. The average molecular weight is 429 g/mol. The van der Waals surface area contributed by atoms with Crippen LogP contribution in [0.5, 0.6) is 5.75 Å². The second-order valence-electron chi connectivity index (χ2n) is 8.11. The fourth-order valence-electron chi connectivity index (χ4n) is 4.28. The fraction of sp³-hybridized carbons (Fsp3) is 0.286. The highest BCUT2D eigenvalue weighted by atomic mass is 35.5. The van der Waals surface area contributed by atoms with Crippen molar-refractivity contribution in [2.45, 2.75) is 38.6 Å². The molecule has 0 aliphatic carbocycles. The van der Waals surface area contributed by atoms with Crippen LogP contribution in [0.15, 0.2) is 30.3 Å². The summed E-state index contributed by atoms with van der Waals surface area (Å²) in [6.45, 7) is 5.79. The number of rotatable bonds is 3. The number of halogens is 1. The first kappa shape index (κ1) is 20.0. The van der Waals surface area contributed by atoms with Gasteiger partial charge < -0.3 is 4.74 Å². The van der Waals surface area contributed by atoms with E-state index in [1.54, 1.807) is 6.07 Å². The molecule has 2 aliphatic rings. The van der Waals surface area contributed by atoms with Crippen molar-refractivity contribution in [3.05, 3.63) is 62.2 Å². The van der Waals surface area contributed by atoms with Crippen molar-refractivity contribution in [3.63, 3.8) is 0 Å². The van der Waals surface area contributed by atoms with Crippen LogP contribution in [-0.4, -0.2) is 28.1 Å². The highest BCUT2D eigenvalue weighted by Gasteiger charge is 2.49. The standard InChI is InChI=1S/C21H17ClN2O6/c1-10-9-21(2,3)23-17-13(10)7-12(8-15(17)18(25)19(23)26)30-20(27)14-6-11(24(28)29)4-5-16(14)22/h4-8,10H,9H2,1-3H3/t10-/m1/s1. The lowest BCUT2D eigenvalue weighted by atomic mass is 9.80. The molecule has 9 heteroatoms. The Morgan fingerprint density at radius 1 is 1.27 bits per heavy atom. The maximum atomic E-state index is 12.6. The summed E-state index contributed by atoms with van der Waals surface area (Å²) in [5.41, 5.74) is 0.492. The number of non-ortho nitro benzene ring substituents is 1. The monoisotopic (exact) mass is 428 g/mol. The van der Waals surface area contributed by atoms with Crippen molar-refractivity contribution in [2.24, 2.45) is 0 Å². The van der Waals surface area contributed by atoms with Gasteiger partial charge in [0, 0.05) is 17.7 Å². The molecule has 0 unspecified atom stereocenters. The number of Topliss-reactive ketones (excluding diaryl/α,β-unsaturated/α-hetero) is 1. The van der Waals surface area contributed by atoms with Crippen LogP contribution in [0.3, 0.4) is 0 Å². The van der Waals surface area contributed by atoms with Crippen LogP contribution in [0.4, 0.5) is 11.4 Å². The summed E-state index contributed by atoms with van der Waals surface area (Å²) < 4.78 is 5.40. The van der Waals surface area contributed by atoms with E-state index >= 15 is 0 Å². The minimum Gasteiger partial charge on any atom is -0.423 e. The van der Waals surface area contributed by atoms with Gasteiger partial charge in [0.25, 0.3) is 17.4 Å². The zero-order valence-electron chi connectivity index (χ0n) is 16.4. The molecule has 1 atom stereocenters. The summed E-state index contributed by atoms with van der Waals surface area (Å²) in [5.74, 6) is -2.06. The van der Waals surface area contributed by atoms with E-state index in [-0.39, 0.29) is 33.5 Å². The number of ether oxygens (including phenoxy) is 1. The molecule has 0 saturated heterocycles. The summed E-state index contributed by atoms with van der Waals surface area (Å²) in [4.78, 5) is 49.7. The van der Waals surface area contributed by atoms with Crippen molar-refractivity contribution in [2.75, 3.05) is 4.90 Å². The first-order chi connectivity index (χ1) is 14.0. The third-order valence-corrected chi connectivity index (χ3v) is 5.84. The highest BCUT2D eigenvalue weighted by Crippen LogP contribution is 2.49. The van der Waals surface area contributed by atoms with Gasteiger partial charge in [0.1, 0.15) is 5.75 Å². The molecule has 2 aromatic carbocycles. The number of nitro benzene ring substituents is 1. The summed E-state index contributed by atoms with van der Waals surface area (Å²) in [7, 11) is 0. The zero-order chi connectivity index (χ0) is 22.0. The number of anilines is 1. The van der Waals surface area contributed by atoms with E-state index in [1.807, 2.05) is 20.8 Å². The summed E-state index contributed by atoms with van der Waals surface area (Å²) >= 11 is 6.01. The Bertz CT molecular complexity index is 1160. The molecular formula is C21H17ClN2O6.